The third kappa shape index (κ3) is 3.88. The Morgan fingerprint density at radius 3 is 3.00 bits per heavy atom. The van der Waals surface area contributed by atoms with Crippen molar-refractivity contribution < 1.29 is 9.84 Å². The molecule has 0 aromatic carbocycles. The summed E-state index contributed by atoms with van der Waals surface area (Å²) in [4.78, 5) is 0. The topological polar surface area (TPSA) is 47.3 Å². The molecule has 16 heavy (non-hydrogen) atoms. The fraction of sp³-hybridized carbons (Fsp3) is 0.727. The molecule has 4 nitrogen and oxygen atoms in total. The lowest BCUT2D eigenvalue weighted by molar-refractivity contribution is 0.158. The van der Waals surface area contributed by atoms with Crippen molar-refractivity contribution in [2.75, 3.05) is 13.7 Å². The summed E-state index contributed by atoms with van der Waals surface area (Å²) in [5.41, 5.74) is 1.13. The molecule has 1 atom stereocenters. The molecule has 0 aliphatic heterocycles. The highest BCUT2D eigenvalue weighted by Gasteiger charge is 2.10. The van der Waals surface area contributed by atoms with E-state index in [4.69, 9.17) is 4.74 Å². The van der Waals surface area contributed by atoms with Gasteiger partial charge in [0.2, 0.25) is 0 Å². The van der Waals surface area contributed by atoms with Gasteiger partial charge in [0, 0.05) is 7.11 Å². The van der Waals surface area contributed by atoms with Crippen LogP contribution in [0.5, 0.6) is 0 Å². The van der Waals surface area contributed by atoms with Crippen molar-refractivity contribution >= 4 is 15.9 Å². The second-order valence-corrected chi connectivity index (χ2v) is 4.61. The van der Waals surface area contributed by atoms with Crippen LogP contribution in [0, 0.1) is 0 Å². The standard InChI is InChI=1S/C11H19BrN2O2/c1-3-9(15)4-5-11-10(12)8-13-14(11)6-7-16-2/h8-9,15H,3-7H2,1-2H3. The van der Waals surface area contributed by atoms with Crippen LogP contribution in [0.3, 0.4) is 0 Å². The summed E-state index contributed by atoms with van der Waals surface area (Å²) >= 11 is 3.48. The summed E-state index contributed by atoms with van der Waals surface area (Å²) in [7, 11) is 1.68. The van der Waals surface area contributed by atoms with Crippen molar-refractivity contribution in [3.8, 4) is 0 Å². The number of aromatic nitrogens is 2. The van der Waals surface area contributed by atoms with Crippen molar-refractivity contribution in [3.05, 3.63) is 16.4 Å². The molecule has 1 unspecified atom stereocenters. The normalized spacial score (nSPS) is 13.0. The van der Waals surface area contributed by atoms with E-state index in [0.29, 0.717) is 6.61 Å². The predicted octanol–water partition coefficient (Wildman–Crippen LogP) is 2.00. The minimum Gasteiger partial charge on any atom is -0.393 e. The van der Waals surface area contributed by atoms with Crippen LogP contribution in [-0.2, 0) is 17.7 Å². The molecule has 5 heteroatoms. The van der Waals surface area contributed by atoms with Crippen LogP contribution >= 0.6 is 15.9 Å². The molecule has 0 saturated carbocycles. The Morgan fingerprint density at radius 2 is 2.38 bits per heavy atom. The Kier molecular flexibility index (Phi) is 6.01. The lowest BCUT2D eigenvalue weighted by atomic mass is 10.1. The van der Waals surface area contributed by atoms with Gasteiger partial charge in [0.05, 0.1) is 35.6 Å². The zero-order chi connectivity index (χ0) is 12.0. The van der Waals surface area contributed by atoms with Crippen LogP contribution in [0.1, 0.15) is 25.5 Å². The maximum absolute atomic E-state index is 9.54. The SMILES string of the molecule is CCC(O)CCc1c(Br)cnn1CCOC. The molecule has 92 valence electrons. The molecule has 0 radical (unpaired) electrons. The molecule has 0 bridgehead atoms. The van der Waals surface area contributed by atoms with Crippen molar-refractivity contribution in [1.29, 1.82) is 0 Å². The first-order valence-corrected chi connectivity index (χ1v) is 6.35. The van der Waals surface area contributed by atoms with Gasteiger partial charge in [0.25, 0.3) is 0 Å². The fourth-order valence-corrected chi connectivity index (χ4v) is 2.01. The molecule has 0 saturated heterocycles. The summed E-state index contributed by atoms with van der Waals surface area (Å²) in [6.45, 7) is 3.39. The lowest BCUT2D eigenvalue weighted by Crippen LogP contribution is -2.12. The van der Waals surface area contributed by atoms with Crippen LogP contribution in [0.25, 0.3) is 0 Å². The minimum absolute atomic E-state index is 0.224. The molecule has 0 aliphatic rings. The van der Waals surface area contributed by atoms with Gasteiger partial charge in [-0.15, -0.1) is 0 Å². The van der Waals surface area contributed by atoms with E-state index in [2.05, 4.69) is 21.0 Å². The average molecular weight is 291 g/mol. The Hall–Kier alpha value is -0.390. The highest BCUT2D eigenvalue weighted by molar-refractivity contribution is 9.10. The molecular weight excluding hydrogens is 272 g/mol. The van der Waals surface area contributed by atoms with Gasteiger partial charge >= 0.3 is 0 Å². The Bertz CT molecular complexity index is 315. The molecule has 0 spiro atoms. The van der Waals surface area contributed by atoms with E-state index in [1.165, 1.54) is 0 Å². The highest BCUT2D eigenvalue weighted by Crippen LogP contribution is 2.18. The van der Waals surface area contributed by atoms with Crippen molar-refractivity contribution in [3.63, 3.8) is 0 Å². The van der Waals surface area contributed by atoms with E-state index in [0.717, 1.165) is 36.0 Å². The highest BCUT2D eigenvalue weighted by atomic mass is 79.9. The lowest BCUT2D eigenvalue weighted by Gasteiger charge is -2.10. The molecule has 0 aliphatic carbocycles. The molecular formula is C11H19BrN2O2. The number of hydrogen-bond donors (Lipinski definition) is 1. The predicted molar refractivity (Wildman–Crippen MR) is 66.4 cm³/mol. The first-order chi connectivity index (χ1) is 7.69. The summed E-state index contributed by atoms with van der Waals surface area (Å²) in [6, 6.07) is 0. The Labute approximate surface area is 105 Å². The van der Waals surface area contributed by atoms with E-state index < -0.39 is 0 Å². The number of methoxy groups -OCH3 is 1. The Balaban J connectivity index is 2.58. The Morgan fingerprint density at radius 1 is 1.62 bits per heavy atom. The van der Waals surface area contributed by atoms with Gasteiger partial charge in [0.1, 0.15) is 0 Å². The maximum atomic E-state index is 9.54. The number of ether oxygens (including phenoxy) is 1. The van der Waals surface area contributed by atoms with Crippen LogP contribution < -0.4 is 0 Å². The van der Waals surface area contributed by atoms with Crippen molar-refractivity contribution in [2.45, 2.75) is 38.8 Å². The van der Waals surface area contributed by atoms with Gasteiger partial charge < -0.3 is 9.84 Å². The average Bonchev–Trinajstić information content (AvgIpc) is 2.64. The van der Waals surface area contributed by atoms with Crippen LogP contribution in [-0.4, -0.2) is 34.7 Å². The first-order valence-electron chi connectivity index (χ1n) is 5.56. The number of rotatable bonds is 7. The molecule has 1 aromatic rings. The molecule has 0 fully saturated rings. The summed E-state index contributed by atoms with van der Waals surface area (Å²) in [5.74, 6) is 0. The minimum atomic E-state index is -0.224. The van der Waals surface area contributed by atoms with Gasteiger partial charge in [-0.2, -0.15) is 5.10 Å². The van der Waals surface area contributed by atoms with Crippen LogP contribution in [0.2, 0.25) is 0 Å². The van der Waals surface area contributed by atoms with Crippen LogP contribution in [0.15, 0.2) is 10.7 Å². The second kappa shape index (κ2) is 7.04. The van der Waals surface area contributed by atoms with Gasteiger partial charge in [0.15, 0.2) is 0 Å². The van der Waals surface area contributed by atoms with E-state index >= 15 is 0 Å². The first kappa shape index (κ1) is 13.7. The van der Waals surface area contributed by atoms with Gasteiger partial charge in [-0.25, -0.2) is 0 Å². The largest absolute Gasteiger partial charge is 0.393 e. The van der Waals surface area contributed by atoms with Gasteiger partial charge in [-0.3, -0.25) is 4.68 Å². The zero-order valence-electron chi connectivity index (χ0n) is 9.82. The number of aliphatic hydroxyl groups excluding tert-OH is 1. The maximum Gasteiger partial charge on any atom is 0.0658 e. The monoisotopic (exact) mass is 290 g/mol. The molecule has 1 N–H and O–H groups in total. The smallest absolute Gasteiger partial charge is 0.0658 e. The number of nitrogens with zero attached hydrogens (tertiary/aromatic N) is 2. The zero-order valence-corrected chi connectivity index (χ0v) is 11.4. The summed E-state index contributed by atoms with van der Waals surface area (Å²) in [6.07, 6.45) is 3.97. The van der Waals surface area contributed by atoms with Crippen molar-refractivity contribution in [2.24, 2.45) is 0 Å². The third-order valence-electron chi connectivity index (χ3n) is 2.59. The molecule has 1 rings (SSSR count). The van der Waals surface area contributed by atoms with Crippen LogP contribution in [0.4, 0.5) is 0 Å². The van der Waals surface area contributed by atoms with E-state index in [-0.39, 0.29) is 6.10 Å². The van der Waals surface area contributed by atoms with E-state index in [1.54, 1.807) is 13.3 Å². The summed E-state index contributed by atoms with van der Waals surface area (Å²) in [5, 5.41) is 13.8. The quantitative estimate of drug-likeness (QED) is 0.836. The summed E-state index contributed by atoms with van der Waals surface area (Å²) < 4.78 is 7.96. The number of halogens is 1. The molecule has 0 amide bonds. The molecule has 1 heterocycles. The van der Waals surface area contributed by atoms with Gasteiger partial charge in [-0.05, 0) is 35.2 Å². The second-order valence-electron chi connectivity index (χ2n) is 3.76. The number of hydrogen-bond acceptors (Lipinski definition) is 3. The van der Waals surface area contributed by atoms with Crippen molar-refractivity contribution in [1.82, 2.24) is 9.78 Å². The molecule has 1 aromatic heterocycles. The van der Waals surface area contributed by atoms with E-state index in [1.807, 2.05) is 11.6 Å². The number of aliphatic hydroxyl groups is 1. The van der Waals surface area contributed by atoms with E-state index in [9.17, 15) is 5.11 Å². The fourth-order valence-electron chi connectivity index (χ4n) is 1.51. The van der Waals surface area contributed by atoms with Gasteiger partial charge in [-0.1, -0.05) is 6.92 Å². The third-order valence-corrected chi connectivity index (χ3v) is 3.25.